The Morgan fingerprint density at radius 3 is 2.42 bits per heavy atom. The third kappa shape index (κ3) is 2.21. The highest BCUT2D eigenvalue weighted by atomic mass is 79.9. The average molecular weight is 383 g/mol. The molecule has 2 aromatic rings. The Hall–Kier alpha value is -1.20. The molecule has 0 N–H and O–H groups in total. The van der Waals surface area contributed by atoms with E-state index in [9.17, 15) is 10.1 Å². The summed E-state index contributed by atoms with van der Waals surface area (Å²) in [6, 6.07) is 9.49. The van der Waals surface area contributed by atoms with Crippen molar-refractivity contribution in [3.63, 3.8) is 0 Å². The van der Waals surface area contributed by atoms with Crippen molar-refractivity contribution in [2.75, 3.05) is 0 Å². The zero-order valence-electron chi connectivity index (χ0n) is 9.82. The number of nitrogens with zero attached hydrogens (tertiary/aromatic N) is 1. The van der Waals surface area contributed by atoms with Crippen molar-refractivity contribution >= 4 is 37.5 Å². The molecule has 0 spiro atoms. The SMILES string of the molecule is O=[N+]([O-])c1cc(Br)cc2c1-c1ccc(Br)cc1CC2. The Labute approximate surface area is 127 Å². The number of benzene rings is 2. The van der Waals surface area contributed by atoms with E-state index in [1.54, 1.807) is 6.07 Å². The van der Waals surface area contributed by atoms with Crippen LogP contribution in [0.1, 0.15) is 11.1 Å². The Balaban J connectivity index is 2.33. The normalized spacial score (nSPS) is 12.7. The van der Waals surface area contributed by atoms with Gasteiger partial charge in [-0.25, -0.2) is 0 Å². The van der Waals surface area contributed by atoms with Gasteiger partial charge >= 0.3 is 0 Å². The van der Waals surface area contributed by atoms with Crippen LogP contribution < -0.4 is 0 Å². The molecule has 1 aliphatic carbocycles. The fourth-order valence-electron chi connectivity index (χ4n) is 2.58. The molecular weight excluding hydrogens is 374 g/mol. The molecule has 0 radical (unpaired) electrons. The Bertz CT molecular complexity index is 698. The topological polar surface area (TPSA) is 43.1 Å². The number of hydrogen-bond donors (Lipinski definition) is 0. The number of aryl methyl sites for hydroxylation is 2. The molecule has 1 aliphatic rings. The van der Waals surface area contributed by atoms with Gasteiger partial charge in [0.2, 0.25) is 0 Å². The summed E-state index contributed by atoms with van der Waals surface area (Å²) in [6.45, 7) is 0. The molecule has 19 heavy (non-hydrogen) atoms. The summed E-state index contributed by atoms with van der Waals surface area (Å²) in [5.41, 5.74) is 4.11. The van der Waals surface area contributed by atoms with Crippen molar-refractivity contribution in [1.29, 1.82) is 0 Å². The van der Waals surface area contributed by atoms with E-state index in [1.807, 2.05) is 24.3 Å². The maximum Gasteiger partial charge on any atom is 0.278 e. The predicted octanol–water partition coefficient (Wildman–Crippen LogP) is 4.89. The molecule has 0 amide bonds. The average Bonchev–Trinajstić information content (AvgIpc) is 2.36. The van der Waals surface area contributed by atoms with Gasteiger partial charge in [-0.2, -0.15) is 0 Å². The lowest BCUT2D eigenvalue weighted by atomic mass is 9.85. The maximum atomic E-state index is 11.3. The highest BCUT2D eigenvalue weighted by molar-refractivity contribution is 9.10. The van der Waals surface area contributed by atoms with Gasteiger partial charge in [0.1, 0.15) is 0 Å². The van der Waals surface area contributed by atoms with Crippen LogP contribution in [0.15, 0.2) is 39.3 Å². The molecule has 0 fully saturated rings. The van der Waals surface area contributed by atoms with Crippen molar-refractivity contribution < 1.29 is 4.92 Å². The van der Waals surface area contributed by atoms with E-state index < -0.39 is 0 Å². The van der Waals surface area contributed by atoms with E-state index >= 15 is 0 Å². The molecule has 5 heteroatoms. The molecule has 3 nitrogen and oxygen atoms in total. The van der Waals surface area contributed by atoms with Gasteiger partial charge in [0, 0.05) is 15.0 Å². The van der Waals surface area contributed by atoms with Crippen LogP contribution in [-0.2, 0) is 12.8 Å². The minimum Gasteiger partial charge on any atom is -0.258 e. The molecule has 0 aromatic heterocycles. The third-order valence-corrected chi connectivity index (χ3v) is 4.31. The summed E-state index contributed by atoms with van der Waals surface area (Å²) in [5, 5.41) is 11.3. The maximum absolute atomic E-state index is 11.3. The van der Waals surface area contributed by atoms with E-state index in [2.05, 4.69) is 31.9 Å². The first-order valence-corrected chi connectivity index (χ1v) is 7.40. The van der Waals surface area contributed by atoms with E-state index in [4.69, 9.17) is 0 Å². The molecular formula is C14H9Br2NO2. The van der Waals surface area contributed by atoms with Crippen molar-refractivity contribution in [2.24, 2.45) is 0 Å². The van der Waals surface area contributed by atoms with Crippen LogP contribution >= 0.6 is 31.9 Å². The lowest BCUT2D eigenvalue weighted by Crippen LogP contribution is -2.06. The summed E-state index contributed by atoms with van der Waals surface area (Å²) in [7, 11) is 0. The van der Waals surface area contributed by atoms with Crippen LogP contribution in [-0.4, -0.2) is 4.92 Å². The van der Waals surface area contributed by atoms with Crippen LogP contribution in [0.2, 0.25) is 0 Å². The number of hydrogen-bond acceptors (Lipinski definition) is 2. The number of fused-ring (bicyclic) bond motifs is 3. The van der Waals surface area contributed by atoms with Crippen molar-refractivity contribution in [3.05, 3.63) is 60.5 Å². The van der Waals surface area contributed by atoms with Crippen LogP contribution in [0.3, 0.4) is 0 Å². The summed E-state index contributed by atoms with van der Waals surface area (Å²) in [4.78, 5) is 11.0. The highest BCUT2D eigenvalue weighted by Gasteiger charge is 2.25. The molecule has 3 rings (SSSR count). The van der Waals surface area contributed by atoms with Gasteiger partial charge in [-0.05, 0) is 47.7 Å². The van der Waals surface area contributed by atoms with E-state index in [0.717, 1.165) is 44.0 Å². The number of nitro benzene ring substituents is 1. The third-order valence-electron chi connectivity index (χ3n) is 3.36. The molecule has 0 heterocycles. The van der Waals surface area contributed by atoms with Gasteiger partial charge in [-0.15, -0.1) is 0 Å². The molecule has 96 valence electrons. The molecule has 0 unspecified atom stereocenters. The monoisotopic (exact) mass is 381 g/mol. The second-order valence-electron chi connectivity index (χ2n) is 4.52. The fraction of sp³-hybridized carbons (Fsp3) is 0.143. The Kier molecular flexibility index (Phi) is 3.19. The largest absolute Gasteiger partial charge is 0.278 e. The van der Waals surface area contributed by atoms with Crippen LogP contribution in [0.5, 0.6) is 0 Å². The lowest BCUT2D eigenvalue weighted by molar-refractivity contribution is -0.384. The van der Waals surface area contributed by atoms with E-state index in [0.29, 0.717) is 0 Å². The minimum atomic E-state index is -0.305. The first-order chi connectivity index (χ1) is 9.06. The van der Waals surface area contributed by atoms with Gasteiger partial charge in [0.15, 0.2) is 0 Å². The van der Waals surface area contributed by atoms with E-state index in [-0.39, 0.29) is 10.6 Å². The smallest absolute Gasteiger partial charge is 0.258 e. The van der Waals surface area contributed by atoms with Crippen LogP contribution in [0.4, 0.5) is 5.69 Å². The number of rotatable bonds is 1. The zero-order valence-corrected chi connectivity index (χ0v) is 13.0. The predicted molar refractivity (Wildman–Crippen MR) is 81.3 cm³/mol. The zero-order chi connectivity index (χ0) is 13.6. The summed E-state index contributed by atoms with van der Waals surface area (Å²) >= 11 is 6.80. The molecule has 0 atom stereocenters. The van der Waals surface area contributed by atoms with Crippen molar-refractivity contribution in [3.8, 4) is 11.1 Å². The highest BCUT2D eigenvalue weighted by Crippen LogP contribution is 2.42. The van der Waals surface area contributed by atoms with Crippen molar-refractivity contribution in [1.82, 2.24) is 0 Å². The first kappa shape index (κ1) is 12.8. The second-order valence-corrected chi connectivity index (χ2v) is 6.35. The van der Waals surface area contributed by atoms with Gasteiger partial charge in [-0.1, -0.05) is 37.9 Å². The Morgan fingerprint density at radius 1 is 1.00 bits per heavy atom. The van der Waals surface area contributed by atoms with Gasteiger partial charge in [0.25, 0.3) is 5.69 Å². The standard InChI is InChI=1S/C14H9Br2NO2/c15-10-3-4-12-8(5-10)1-2-9-6-11(16)7-13(14(9)12)17(18)19/h3-7H,1-2H2. The van der Waals surface area contributed by atoms with Gasteiger partial charge in [-0.3, -0.25) is 10.1 Å². The first-order valence-electron chi connectivity index (χ1n) is 5.82. The fourth-order valence-corrected chi connectivity index (χ4v) is 3.48. The molecule has 0 bridgehead atoms. The minimum absolute atomic E-state index is 0.174. The molecule has 0 saturated carbocycles. The van der Waals surface area contributed by atoms with Gasteiger partial charge < -0.3 is 0 Å². The molecule has 0 saturated heterocycles. The molecule has 0 aliphatic heterocycles. The summed E-state index contributed by atoms with van der Waals surface area (Å²) in [6.07, 6.45) is 1.74. The van der Waals surface area contributed by atoms with Crippen LogP contribution in [0, 0.1) is 10.1 Å². The lowest BCUT2D eigenvalue weighted by Gasteiger charge is -2.20. The van der Waals surface area contributed by atoms with Crippen molar-refractivity contribution in [2.45, 2.75) is 12.8 Å². The quantitative estimate of drug-likeness (QED) is 0.520. The number of halogens is 2. The summed E-state index contributed by atoms with van der Waals surface area (Å²) in [5.74, 6) is 0. The van der Waals surface area contributed by atoms with Crippen LogP contribution in [0.25, 0.3) is 11.1 Å². The second kappa shape index (κ2) is 4.72. The van der Waals surface area contributed by atoms with Gasteiger partial charge in [0.05, 0.1) is 10.5 Å². The summed E-state index contributed by atoms with van der Waals surface area (Å²) < 4.78 is 1.77. The van der Waals surface area contributed by atoms with E-state index in [1.165, 1.54) is 0 Å². The number of nitro groups is 1. The Morgan fingerprint density at radius 2 is 1.68 bits per heavy atom. The molecule has 2 aromatic carbocycles.